The molecule has 102 valence electrons. The highest BCUT2D eigenvalue weighted by Crippen LogP contribution is 2.19. The van der Waals surface area contributed by atoms with E-state index in [2.05, 4.69) is 4.98 Å². The molecule has 9 heteroatoms. The van der Waals surface area contributed by atoms with Crippen LogP contribution in [0.15, 0.2) is 12.3 Å². The number of carboxylic acid groups (broad SMARTS) is 2. The minimum atomic E-state index is -1.54. The van der Waals surface area contributed by atoms with Crippen LogP contribution in [0.5, 0.6) is 0 Å². The summed E-state index contributed by atoms with van der Waals surface area (Å²) >= 11 is 11.2. The van der Waals surface area contributed by atoms with Crippen LogP contribution in [0.2, 0.25) is 10.2 Å². The molecule has 0 aromatic carbocycles. The Bertz CT molecular complexity index is 535. The van der Waals surface area contributed by atoms with Crippen LogP contribution in [-0.4, -0.2) is 39.1 Å². The quantitative estimate of drug-likeness (QED) is 0.700. The molecule has 0 bridgehead atoms. The fourth-order valence-electron chi connectivity index (χ4n) is 1.16. The topological polar surface area (TPSA) is 117 Å². The van der Waals surface area contributed by atoms with Gasteiger partial charge in [-0.1, -0.05) is 23.2 Å². The third-order valence-electron chi connectivity index (χ3n) is 2.04. The maximum absolute atomic E-state index is 11.7. The minimum Gasteiger partial charge on any atom is -0.481 e. The molecule has 1 rings (SSSR count). The number of carbonyl (C=O) groups is 3. The molecule has 3 N–H and O–H groups in total. The maximum Gasteiger partial charge on any atom is 0.326 e. The Kier molecular flexibility index (Phi) is 5.08. The van der Waals surface area contributed by atoms with Gasteiger partial charge in [0.05, 0.1) is 17.0 Å². The number of carbonyl (C=O) groups excluding carboxylic acids is 1. The molecule has 1 atom stereocenters. The highest BCUT2D eigenvalue weighted by atomic mass is 35.5. The normalized spacial score (nSPS) is 11.7. The van der Waals surface area contributed by atoms with Crippen molar-refractivity contribution in [3.8, 4) is 0 Å². The summed E-state index contributed by atoms with van der Waals surface area (Å²) in [6, 6.07) is -0.342. The molecule has 0 aliphatic carbocycles. The summed E-state index contributed by atoms with van der Waals surface area (Å²) in [7, 11) is 0. The fourth-order valence-corrected chi connectivity index (χ4v) is 1.43. The summed E-state index contributed by atoms with van der Waals surface area (Å²) in [5.74, 6) is -3.61. The number of hydrogen-bond donors (Lipinski definition) is 3. The predicted molar refractivity (Wildman–Crippen MR) is 65.4 cm³/mol. The molecule has 1 heterocycles. The van der Waals surface area contributed by atoms with Crippen molar-refractivity contribution < 1.29 is 24.6 Å². The second kappa shape index (κ2) is 6.35. The number of aromatic nitrogens is 1. The summed E-state index contributed by atoms with van der Waals surface area (Å²) < 4.78 is 0. The zero-order valence-corrected chi connectivity index (χ0v) is 10.8. The summed E-state index contributed by atoms with van der Waals surface area (Å²) in [6.45, 7) is 0. The lowest BCUT2D eigenvalue weighted by Crippen LogP contribution is -2.42. The molecule has 19 heavy (non-hydrogen) atoms. The van der Waals surface area contributed by atoms with E-state index in [0.29, 0.717) is 0 Å². The lowest BCUT2D eigenvalue weighted by Gasteiger charge is -2.12. The van der Waals surface area contributed by atoms with E-state index in [1.165, 1.54) is 6.07 Å². The molecule has 0 spiro atoms. The van der Waals surface area contributed by atoms with Gasteiger partial charge in [0.15, 0.2) is 0 Å². The van der Waals surface area contributed by atoms with E-state index in [-0.39, 0.29) is 15.7 Å². The van der Waals surface area contributed by atoms with E-state index < -0.39 is 30.3 Å². The molecule has 7 nitrogen and oxygen atoms in total. The molecular formula is C10H8Cl2N2O5. The highest BCUT2D eigenvalue weighted by molar-refractivity contribution is 6.41. The van der Waals surface area contributed by atoms with Gasteiger partial charge in [-0.15, -0.1) is 0 Å². The molecule has 0 saturated carbocycles. The van der Waals surface area contributed by atoms with Crippen molar-refractivity contribution in [2.75, 3.05) is 0 Å². The number of pyridine rings is 1. The summed E-state index contributed by atoms with van der Waals surface area (Å²) in [6.07, 6.45) is 0.360. The number of rotatable bonds is 5. The second-order valence-electron chi connectivity index (χ2n) is 3.46. The molecule has 0 radical (unpaired) electrons. The van der Waals surface area contributed by atoms with Gasteiger partial charge in [0.25, 0.3) is 5.91 Å². The van der Waals surface area contributed by atoms with E-state index in [0.717, 1.165) is 6.20 Å². The number of nitrogens with one attached hydrogen (secondary N) is 1. The van der Waals surface area contributed by atoms with Crippen molar-refractivity contribution in [1.29, 1.82) is 0 Å². The SMILES string of the molecule is O=C(O)C[C@H](NC(=O)c1cnc(Cl)c(Cl)c1)C(=O)O. The number of nitrogens with zero attached hydrogens (tertiary/aromatic N) is 1. The van der Waals surface area contributed by atoms with Crippen molar-refractivity contribution >= 4 is 41.0 Å². The van der Waals surface area contributed by atoms with Gasteiger partial charge >= 0.3 is 11.9 Å². The predicted octanol–water partition coefficient (Wildman–Crippen LogP) is 1.05. The molecule has 0 fully saturated rings. The van der Waals surface area contributed by atoms with Gasteiger partial charge in [0, 0.05) is 6.20 Å². The molecule has 1 amide bonds. The lowest BCUT2D eigenvalue weighted by molar-refractivity contribution is -0.145. The average Bonchev–Trinajstić information content (AvgIpc) is 2.31. The van der Waals surface area contributed by atoms with Crippen LogP contribution in [0, 0.1) is 0 Å². The van der Waals surface area contributed by atoms with Crippen LogP contribution in [0.25, 0.3) is 0 Å². The summed E-state index contributed by atoms with van der Waals surface area (Å²) in [4.78, 5) is 36.6. The fraction of sp³-hybridized carbons (Fsp3) is 0.200. The Labute approximate surface area is 117 Å². The van der Waals surface area contributed by atoms with E-state index in [9.17, 15) is 14.4 Å². The first kappa shape index (κ1) is 15.2. The Morgan fingerprint density at radius 3 is 2.42 bits per heavy atom. The van der Waals surface area contributed by atoms with Gasteiger partial charge in [-0.25, -0.2) is 9.78 Å². The average molecular weight is 307 g/mol. The van der Waals surface area contributed by atoms with Gasteiger partial charge in [-0.3, -0.25) is 9.59 Å². The van der Waals surface area contributed by atoms with E-state index >= 15 is 0 Å². The zero-order valence-electron chi connectivity index (χ0n) is 9.26. The Hall–Kier alpha value is -1.86. The van der Waals surface area contributed by atoms with Gasteiger partial charge in [-0.2, -0.15) is 0 Å². The Morgan fingerprint density at radius 1 is 1.32 bits per heavy atom. The van der Waals surface area contributed by atoms with Crippen molar-refractivity contribution in [2.24, 2.45) is 0 Å². The number of aliphatic carboxylic acids is 2. The highest BCUT2D eigenvalue weighted by Gasteiger charge is 2.23. The largest absolute Gasteiger partial charge is 0.481 e. The van der Waals surface area contributed by atoms with Crippen LogP contribution < -0.4 is 5.32 Å². The number of hydrogen-bond acceptors (Lipinski definition) is 4. The van der Waals surface area contributed by atoms with Gasteiger partial charge in [0.1, 0.15) is 11.2 Å². The van der Waals surface area contributed by atoms with Crippen molar-refractivity contribution in [3.05, 3.63) is 28.0 Å². The summed E-state index contributed by atoms with van der Waals surface area (Å²) in [5, 5.41) is 19.4. The standard InChI is InChI=1S/C10H8Cl2N2O5/c11-5-1-4(3-13-8(5)12)9(17)14-6(10(18)19)2-7(15)16/h1,3,6H,2H2,(H,14,17)(H,15,16)(H,18,19)/t6-/m0/s1. The first-order valence-electron chi connectivity index (χ1n) is 4.87. The van der Waals surface area contributed by atoms with Gasteiger partial charge < -0.3 is 15.5 Å². The van der Waals surface area contributed by atoms with E-state index in [1.807, 2.05) is 5.32 Å². The molecule has 1 aromatic rings. The zero-order chi connectivity index (χ0) is 14.6. The van der Waals surface area contributed by atoms with E-state index in [4.69, 9.17) is 33.4 Å². The third-order valence-corrected chi connectivity index (χ3v) is 2.73. The van der Waals surface area contributed by atoms with Crippen LogP contribution in [-0.2, 0) is 9.59 Å². The molecule has 0 saturated heterocycles. The molecule has 0 unspecified atom stereocenters. The molecule has 0 aliphatic rings. The first-order chi connectivity index (χ1) is 8.81. The number of halogens is 2. The van der Waals surface area contributed by atoms with Crippen molar-refractivity contribution in [3.63, 3.8) is 0 Å². The number of amides is 1. The van der Waals surface area contributed by atoms with Crippen LogP contribution in [0.3, 0.4) is 0 Å². The Morgan fingerprint density at radius 2 is 1.95 bits per heavy atom. The molecular weight excluding hydrogens is 299 g/mol. The first-order valence-corrected chi connectivity index (χ1v) is 5.63. The second-order valence-corrected chi connectivity index (χ2v) is 4.22. The maximum atomic E-state index is 11.7. The Balaban J connectivity index is 2.84. The van der Waals surface area contributed by atoms with Crippen LogP contribution in [0.4, 0.5) is 0 Å². The van der Waals surface area contributed by atoms with Gasteiger partial charge in [-0.05, 0) is 6.07 Å². The summed E-state index contributed by atoms with van der Waals surface area (Å²) in [5.41, 5.74) is -0.0222. The van der Waals surface area contributed by atoms with Crippen LogP contribution >= 0.6 is 23.2 Å². The third kappa shape index (κ3) is 4.38. The molecule has 0 aliphatic heterocycles. The van der Waals surface area contributed by atoms with E-state index in [1.54, 1.807) is 0 Å². The van der Waals surface area contributed by atoms with Gasteiger partial charge in [0.2, 0.25) is 0 Å². The minimum absolute atomic E-state index is 0.00135. The smallest absolute Gasteiger partial charge is 0.326 e. The van der Waals surface area contributed by atoms with Crippen LogP contribution in [0.1, 0.15) is 16.8 Å². The lowest BCUT2D eigenvalue weighted by atomic mass is 10.2. The number of carboxylic acids is 2. The van der Waals surface area contributed by atoms with Crippen molar-refractivity contribution in [2.45, 2.75) is 12.5 Å². The van der Waals surface area contributed by atoms with Crippen molar-refractivity contribution in [1.82, 2.24) is 10.3 Å². The monoisotopic (exact) mass is 306 g/mol. The molecule has 1 aromatic heterocycles.